The topological polar surface area (TPSA) is 29.1 Å². The quantitative estimate of drug-likeness (QED) is 0.548. The van der Waals surface area contributed by atoms with Gasteiger partial charge in [0.1, 0.15) is 0 Å². The fraction of sp³-hybridized carbons (Fsp3) is 0.0952. The summed E-state index contributed by atoms with van der Waals surface area (Å²) in [6, 6.07) is 26.0. The molecule has 0 radical (unpaired) electrons. The van der Waals surface area contributed by atoms with E-state index in [-0.39, 0.29) is 5.78 Å². The lowest BCUT2D eigenvalue weighted by Crippen LogP contribution is -2.08. The van der Waals surface area contributed by atoms with Gasteiger partial charge in [-0.2, -0.15) is 0 Å². The summed E-state index contributed by atoms with van der Waals surface area (Å²) < 4.78 is 0.982. The van der Waals surface area contributed by atoms with Crippen molar-refractivity contribution in [3.8, 4) is 11.1 Å². The van der Waals surface area contributed by atoms with Crippen molar-refractivity contribution in [1.82, 2.24) is 0 Å². The van der Waals surface area contributed by atoms with Crippen LogP contribution in [-0.4, -0.2) is 12.3 Å². The second kappa shape index (κ2) is 7.93. The zero-order valence-corrected chi connectivity index (χ0v) is 14.8. The summed E-state index contributed by atoms with van der Waals surface area (Å²) in [5.74, 6) is 0.149. The number of halogens is 1. The summed E-state index contributed by atoms with van der Waals surface area (Å²) in [6.07, 6.45) is 0.474. The highest BCUT2D eigenvalue weighted by molar-refractivity contribution is 9.10. The van der Waals surface area contributed by atoms with Crippen LogP contribution >= 0.6 is 15.9 Å². The van der Waals surface area contributed by atoms with E-state index >= 15 is 0 Å². The van der Waals surface area contributed by atoms with Crippen LogP contribution in [0.3, 0.4) is 0 Å². The lowest BCUT2D eigenvalue weighted by molar-refractivity contribution is 0.0986. The van der Waals surface area contributed by atoms with Gasteiger partial charge in [0.25, 0.3) is 0 Å². The minimum Gasteiger partial charge on any atom is -0.385 e. The summed E-state index contributed by atoms with van der Waals surface area (Å²) >= 11 is 3.38. The fourth-order valence-electron chi connectivity index (χ4n) is 2.51. The normalized spacial score (nSPS) is 10.4. The number of carbonyl (C=O) groups is 1. The molecule has 0 aromatic heterocycles. The van der Waals surface area contributed by atoms with Gasteiger partial charge in [-0.3, -0.25) is 4.79 Å². The van der Waals surface area contributed by atoms with Gasteiger partial charge in [-0.15, -0.1) is 0 Å². The molecule has 24 heavy (non-hydrogen) atoms. The smallest absolute Gasteiger partial charge is 0.164 e. The van der Waals surface area contributed by atoms with Gasteiger partial charge in [0.05, 0.1) is 0 Å². The molecule has 0 atom stereocenters. The Kier molecular flexibility index (Phi) is 5.44. The van der Waals surface area contributed by atoms with Crippen molar-refractivity contribution in [3.63, 3.8) is 0 Å². The first-order chi connectivity index (χ1) is 11.7. The maximum absolute atomic E-state index is 12.1. The highest BCUT2D eigenvalue weighted by atomic mass is 79.9. The van der Waals surface area contributed by atoms with E-state index in [1.165, 1.54) is 11.1 Å². The van der Waals surface area contributed by atoms with Crippen LogP contribution in [0, 0.1) is 0 Å². The zero-order chi connectivity index (χ0) is 16.8. The van der Waals surface area contributed by atoms with Crippen LogP contribution < -0.4 is 5.32 Å². The Bertz CT molecular complexity index is 796. The van der Waals surface area contributed by atoms with Gasteiger partial charge in [0.15, 0.2) is 5.78 Å². The Morgan fingerprint density at radius 1 is 0.792 bits per heavy atom. The van der Waals surface area contributed by atoms with Gasteiger partial charge in [-0.1, -0.05) is 70.5 Å². The van der Waals surface area contributed by atoms with Crippen molar-refractivity contribution < 1.29 is 4.79 Å². The Labute approximate surface area is 150 Å². The minimum absolute atomic E-state index is 0.149. The molecule has 0 aliphatic carbocycles. The van der Waals surface area contributed by atoms with Crippen LogP contribution in [0.1, 0.15) is 16.8 Å². The molecule has 0 aliphatic rings. The molecular weight excluding hydrogens is 362 g/mol. The standard InChI is InChI=1S/C21H18BrNO/c22-19-10-6-18(7-11-19)21(24)14-15-23-20-12-8-17(9-13-20)16-4-2-1-3-5-16/h1-13,23H,14-15H2. The Morgan fingerprint density at radius 2 is 1.42 bits per heavy atom. The first-order valence-electron chi connectivity index (χ1n) is 7.90. The van der Waals surface area contributed by atoms with E-state index in [0.717, 1.165) is 15.7 Å². The van der Waals surface area contributed by atoms with Crippen molar-refractivity contribution in [1.29, 1.82) is 0 Å². The SMILES string of the molecule is O=C(CCNc1ccc(-c2ccccc2)cc1)c1ccc(Br)cc1. The molecule has 1 N–H and O–H groups in total. The molecule has 2 nitrogen and oxygen atoms in total. The third kappa shape index (κ3) is 4.33. The molecule has 0 unspecified atom stereocenters. The maximum Gasteiger partial charge on any atom is 0.164 e. The number of Topliss-reactive ketones (excluding diaryl/α,β-unsaturated/α-hetero) is 1. The van der Waals surface area contributed by atoms with Gasteiger partial charge in [0.2, 0.25) is 0 Å². The van der Waals surface area contributed by atoms with Crippen LogP contribution in [0.5, 0.6) is 0 Å². The highest BCUT2D eigenvalue weighted by Crippen LogP contribution is 2.21. The third-order valence-electron chi connectivity index (χ3n) is 3.84. The molecule has 0 saturated heterocycles. The first kappa shape index (κ1) is 16.5. The van der Waals surface area contributed by atoms with E-state index in [1.54, 1.807) is 0 Å². The van der Waals surface area contributed by atoms with Gasteiger partial charge in [0, 0.05) is 28.7 Å². The average molecular weight is 380 g/mol. The third-order valence-corrected chi connectivity index (χ3v) is 4.37. The van der Waals surface area contributed by atoms with E-state index < -0.39 is 0 Å². The molecule has 3 rings (SSSR count). The van der Waals surface area contributed by atoms with Crippen molar-refractivity contribution in [3.05, 3.63) is 88.9 Å². The maximum atomic E-state index is 12.1. The van der Waals surface area contributed by atoms with Gasteiger partial charge < -0.3 is 5.32 Å². The van der Waals surface area contributed by atoms with Gasteiger partial charge in [-0.25, -0.2) is 0 Å². The number of anilines is 1. The predicted molar refractivity (Wildman–Crippen MR) is 103 cm³/mol. The van der Waals surface area contributed by atoms with Crippen molar-refractivity contribution >= 4 is 27.4 Å². The Morgan fingerprint density at radius 3 is 2.08 bits per heavy atom. The molecule has 0 amide bonds. The second-order valence-electron chi connectivity index (χ2n) is 5.55. The lowest BCUT2D eigenvalue weighted by atomic mass is 10.1. The molecular formula is C21H18BrNO. The Balaban J connectivity index is 1.53. The van der Waals surface area contributed by atoms with E-state index in [1.807, 2.05) is 54.6 Å². The van der Waals surface area contributed by atoms with E-state index in [4.69, 9.17) is 0 Å². The largest absolute Gasteiger partial charge is 0.385 e. The number of hydrogen-bond donors (Lipinski definition) is 1. The van der Waals surface area contributed by atoms with E-state index in [0.29, 0.717) is 13.0 Å². The average Bonchev–Trinajstić information content (AvgIpc) is 2.63. The van der Waals surface area contributed by atoms with E-state index in [2.05, 4.69) is 45.5 Å². The molecule has 3 aromatic rings. The van der Waals surface area contributed by atoms with Crippen molar-refractivity contribution in [2.24, 2.45) is 0 Å². The molecule has 3 heteroatoms. The summed E-state index contributed by atoms with van der Waals surface area (Å²) in [5, 5.41) is 3.31. The molecule has 3 aromatic carbocycles. The molecule has 0 saturated carbocycles. The van der Waals surface area contributed by atoms with Crippen molar-refractivity contribution in [2.75, 3.05) is 11.9 Å². The van der Waals surface area contributed by atoms with Crippen LogP contribution in [0.4, 0.5) is 5.69 Å². The summed E-state index contributed by atoms with van der Waals surface area (Å²) in [7, 11) is 0. The zero-order valence-electron chi connectivity index (χ0n) is 13.2. The van der Waals surface area contributed by atoms with Crippen LogP contribution in [0.15, 0.2) is 83.3 Å². The molecule has 0 heterocycles. The van der Waals surface area contributed by atoms with E-state index in [9.17, 15) is 4.79 Å². The first-order valence-corrected chi connectivity index (χ1v) is 8.70. The molecule has 0 spiro atoms. The summed E-state index contributed by atoms with van der Waals surface area (Å²) in [4.78, 5) is 12.1. The van der Waals surface area contributed by atoms with Gasteiger partial charge in [-0.05, 0) is 35.4 Å². The number of ketones is 1. The fourth-order valence-corrected chi connectivity index (χ4v) is 2.78. The number of rotatable bonds is 6. The van der Waals surface area contributed by atoms with Crippen LogP contribution in [0.25, 0.3) is 11.1 Å². The number of benzene rings is 3. The Hall–Kier alpha value is -2.39. The minimum atomic E-state index is 0.149. The van der Waals surface area contributed by atoms with Crippen LogP contribution in [0.2, 0.25) is 0 Å². The van der Waals surface area contributed by atoms with Gasteiger partial charge >= 0.3 is 0 Å². The molecule has 0 fully saturated rings. The second-order valence-corrected chi connectivity index (χ2v) is 6.47. The van der Waals surface area contributed by atoms with Crippen molar-refractivity contribution in [2.45, 2.75) is 6.42 Å². The molecule has 120 valence electrons. The highest BCUT2D eigenvalue weighted by Gasteiger charge is 2.05. The number of hydrogen-bond acceptors (Lipinski definition) is 2. The summed E-state index contributed by atoms with van der Waals surface area (Å²) in [5.41, 5.74) is 4.17. The number of nitrogens with one attached hydrogen (secondary N) is 1. The molecule has 0 bridgehead atoms. The predicted octanol–water partition coefficient (Wildman–Crippen LogP) is 5.80. The monoisotopic (exact) mass is 379 g/mol. The lowest BCUT2D eigenvalue weighted by Gasteiger charge is -2.08. The van der Waals surface area contributed by atoms with Crippen LogP contribution in [-0.2, 0) is 0 Å². The number of carbonyl (C=O) groups excluding carboxylic acids is 1. The molecule has 0 aliphatic heterocycles. The summed E-state index contributed by atoms with van der Waals surface area (Å²) in [6.45, 7) is 0.625.